The number of halogens is 2. The topological polar surface area (TPSA) is 49.4 Å². The van der Waals surface area contributed by atoms with Crippen molar-refractivity contribution in [2.75, 3.05) is 18.9 Å². The Kier molecular flexibility index (Phi) is 4.48. The van der Waals surface area contributed by atoms with E-state index in [4.69, 9.17) is 0 Å². The highest BCUT2D eigenvalue weighted by Crippen LogP contribution is 2.55. The minimum Gasteiger partial charge on any atom is -0.324 e. The first-order valence-corrected chi connectivity index (χ1v) is 10.1. The van der Waals surface area contributed by atoms with E-state index in [1.807, 2.05) is 11.0 Å². The maximum Gasteiger partial charge on any atom is 0.250 e. The third-order valence-electron chi connectivity index (χ3n) is 6.55. The fraction of sp³-hybridized carbons (Fsp3) is 0.200. The van der Waals surface area contributed by atoms with Crippen molar-refractivity contribution in [3.8, 4) is 0 Å². The monoisotopic (exact) mass is 418 g/mol. The summed E-state index contributed by atoms with van der Waals surface area (Å²) in [5, 5.41) is 2.85. The SMILES string of the molecule is CN1C[C@H](c2ccc(F)cc2)[C@@H](C(=O)c2ccccc2)[C@@]12C(=O)Nc1ccc(F)cc12. The summed E-state index contributed by atoms with van der Waals surface area (Å²) in [4.78, 5) is 29.2. The van der Waals surface area contributed by atoms with Crippen molar-refractivity contribution in [1.29, 1.82) is 0 Å². The molecule has 2 aliphatic heterocycles. The highest BCUT2D eigenvalue weighted by molar-refractivity contribution is 6.12. The molecule has 31 heavy (non-hydrogen) atoms. The highest BCUT2D eigenvalue weighted by Gasteiger charge is 2.64. The van der Waals surface area contributed by atoms with E-state index >= 15 is 0 Å². The van der Waals surface area contributed by atoms with E-state index in [0.29, 0.717) is 23.4 Å². The van der Waals surface area contributed by atoms with Crippen molar-refractivity contribution in [2.45, 2.75) is 11.5 Å². The average Bonchev–Trinajstić information content (AvgIpc) is 3.24. The van der Waals surface area contributed by atoms with Crippen molar-refractivity contribution < 1.29 is 18.4 Å². The molecule has 2 heterocycles. The maximum absolute atomic E-state index is 14.3. The second-order valence-corrected chi connectivity index (χ2v) is 8.16. The number of ketones is 1. The number of amides is 1. The van der Waals surface area contributed by atoms with Gasteiger partial charge in [-0.3, -0.25) is 14.5 Å². The van der Waals surface area contributed by atoms with Gasteiger partial charge in [0.2, 0.25) is 5.91 Å². The minimum absolute atomic E-state index is 0.202. The van der Waals surface area contributed by atoms with Crippen LogP contribution >= 0.6 is 0 Å². The number of Topliss-reactive ketones (excluding diaryl/α,β-unsaturated/α-hetero) is 1. The van der Waals surface area contributed by atoms with Crippen molar-refractivity contribution in [3.05, 3.63) is 101 Å². The number of carbonyl (C=O) groups excluding carboxylic acids is 2. The van der Waals surface area contributed by atoms with E-state index in [-0.39, 0.29) is 23.4 Å². The maximum atomic E-state index is 14.3. The third kappa shape index (κ3) is 2.82. The predicted molar refractivity (Wildman–Crippen MR) is 113 cm³/mol. The molecule has 1 amide bonds. The van der Waals surface area contributed by atoms with Gasteiger partial charge >= 0.3 is 0 Å². The molecule has 0 unspecified atom stereocenters. The molecule has 3 aromatic rings. The lowest BCUT2D eigenvalue weighted by molar-refractivity contribution is -0.126. The van der Waals surface area contributed by atoms with Crippen molar-refractivity contribution >= 4 is 17.4 Å². The molecule has 4 nitrogen and oxygen atoms in total. The lowest BCUT2D eigenvalue weighted by Gasteiger charge is -2.35. The predicted octanol–water partition coefficient (Wildman–Crippen LogP) is 4.34. The van der Waals surface area contributed by atoms with Crippen LogP contribution in [0.25, 0.3) is 0 Å². The van der Waals surface area contributed by atoms with Crippen LogP contribution in [0.2, 0.25) is 0 Å². The van der Waals surface area contributed by atoms with Crippen molar-refractivity contribution in [3.63, 3.8) is 0 Å². The van der Waals surface area contributed by atoms with Gasteiger partial charge in [-0.25, -0.2) is 8.78 Å². The molecule has 0 saturated carbocycles. The fourth-order valence-electron chi connectivity index (χ4n) is 5.20. The summed E-state index contributed by atoms with van der Waals surface area (Å²) in [5.41, 5.74) is 0.843. The van der Waals surface area contributed by atoms with Crippen LogP contribution in [0.1, 0.15) is 27.4 Å². The molecule has 3 atom stereocenters. The Morgan fingerprint density at radius 1 is 1.00 bits per heavy atom. The molecule has 1 saturated heterocycles. The number of rotatable bonds is 3. The summed E-state index contributed by atoms with van der Waals surface area (Å²) < 4.78 is 27.9. The lowest BCUT2D eigenvalue weighted by atomic mass is 9.70. The zero-order valence-electron chi connectivity index (χ0n) is 16.8. The first-order valence-electron chi connectivity index (χ1n) is 10.1. The van der Waals surface area contributed by atoms with Gasteiger partial charge in [0.25, 0.3) is 0 Å². The fourth-order valence-corrected chi connectivity index (χ4v) is 5.20. The Morgan fingerprint density at radius 3 is 2.39 bits per heavy atom. The highest BCUT2D eigenvalue weighted by atomic mass is 19.1. The van der Waals surface area contributed by atoms with Gasteiger partial charge in [0, 0.05) is 29.3 Å². The second-order valence-electron chi connectivity index (χ2n) is 8.16. The number of likely N-dealkylation sites (N-methyl/N-ethyl adjacent to an activating group) is 1. The molecule has 1 fully saturated rings. The Morgan fingerprint density at radius 2 is 1.68 bits per heavy atom. The number of hydrogen-bond donors (Lipinski definition) is 1. The molecule has 156 valence electrons. The van der Waals surface area contributed by atoms with Gasteiger partial charge < -0.3 is 5.32 Å². The molecule has 1 N–H and O–H groups in total. The van der Waals surface area contributed by atoms with E-state index in [1.54, 1.807) is 43.4 Å². The Balaban J connectivity index is 1.74. The summed E-state index contributed by atoms with van der Waals surface area (Å²) in [6.45, 7) is 0.387. The van der Waals surface area contributed by atoms with Crippen molar-refractivity contribution in [2.24, 2.45) is 5.92 Å². The number of anilines is 1. The van der Waals surface area contributed by atoms with Gasteiger partial charge in [-0.05, 0) is 42.9 Å². The summed E-state index contributed by atoms with van der Waals surface area (Å²) in [7, 11) is 1.77. The molecule has 0 aromatic heterocycles. The van der Waals surface area contributed by atoms with Crippen LogP contribution in [0.3, 0.4) is 0 Å². The van der Waals surface area contributed by atoms with Crippen LogP contribution in [0.5, 0.6) is 0 Å². The molecular weight excluding hydrogens is 398 g/mol. The lowest BCUT2D eigenvalue weighted by Crippen LogP contribution is -2.51. The van der Waals surface area contributed by atoms with Crippen LogP contribution in [0.4, 0.5) is 14.5 Å². The smallest absolute Gasteiger partial charge is 0.250 e. The molecule has 6 heteroatoms. The normalized spacial score (nSPS) is 24.9. The van der Waals surface area contributed by atoms with E-state index in [2.05, 4.69) is 5.32 Å². The molecular formula is C25H20F2N2O2. The number of benzene rings is 3. The summed E-state index contributed by atoms with van der Waals surface area (Å²) in [6.07, 6.45) is 0. The zero-order valence-corrected chi connectivity index (χ0v) is 16.8. The number of carbonyl (C=O) groups is 2. The quantitative estimate of drug-likeness (QED) is 0.644. The number of nitrogens with zero attached hydrogens (tertiary/aromatic N) is 1. The number of likely N-dealkylation sites (tertiary alicyclic amines) is 1. The van der Waals surface area contributed by atoms with Crippen LogP contribution in [0.15, 0.2) is 72.8 Å². The number of hydrogen-bond acceptors (Lipinski definition) is 3. The molecule has 5 rings (SSSR count). The zero-order chi connectivity index (χ0) is 21.8. The number of fused-ring (bicyclic) bond motifs is 2. The molecule has 0 aliphatic carbocycles. The first kappa shape index (κ1) is 19.6. The molecule has 1 spiro atoms. The van der Waals surface area contributed by atoms with E-state index in [1.165, 1.54) is 30.3 Å². The third-order valence-corrected chi connectivity index (χ3v) is 6.55. The van der Waals surface area contributed by atoms with Gasteiger partial charge in [-0.2, -0.15) is 0 Å². The minimum atomic E-state index is -1.36. The van der Waals surface area contributed by atoms with Gasteiger partial charge in [-0.15, -0.1) is 0 Å². The largest absolute Gasteiger partial charge is 0.324 e. The second kappa shape index (κ2) is 7.10. The molecule has 3 aromatic carbocycles. The van der Waals surface area contributed by atoms with E-state index in [0.717, 1.165) is 5.56 Å². The van der Waals surface area contributed by atoms with Crippen LogP contribution in [-0.4, -0.2) is 30.2 Å². The molecule has 0 radical (unpaired) electrons. The standard InChI is InChI=1S/C25H20F2N2O2/c1-29-14-19(15-7-9-17(26)10-8-15)22(23(30)16-5-3-2-4-6-16)25(29)20-13-18(27)11-12-21(20)28-24(25)31/h2-13,19,22H,14H2,1H3,(H,28,31)/t19-,22+,25+/m1/s1. The molecule has 0 bridgehead atoms. The van der Waals surface area contributed by atoms with Gasteiger partial charge in [0.05, 0.1) is 5.92 Å². The Hall–Kier alpha value is -3.38. The van der Waals surface area contributed by atoms with Gasteiger partial charge in [-0.1, -0.05) is 42.5 Å². The Labute approximate surface area is 178 Å². The van der Waals surface area contributed by atoms with E-state index in [9.17, 15) is 18.4 Å². The van der Waals surface area contributed by atoms with Crippen LogP contribution in [-0.2, 0) is 10.3 Å². The summed E-state index contributed by atoms with van der Waals surface area (Å²) in [6, 6.07) is 19.0. The molecule has 2 aliphatic rings. The average molecular weight is 418 g/mol. The van der Waals surface area contributed by atoms with Gasteiger partial charge in [0.1, 0.15) is 17.2 Å². The first-order chi connectivity index (χ1) is 14.9. The number of nitrogens with one attached hydrogen (secondary N) is 1. The summed E-state index contributed by atoms with van der Waals surface area (Å²) in [5.74, 6) is -2.59. The Bertz CT molecular complexity index is 1180. The van der Waals surface area contributed by atoms with Crippen molar-refractivity contribution in [1.82, 2.24) is 4.90 Å². The van der Waals surface area contributed by atoms with E-state index < -0.39 is 17.3 Å². The van der Waals surface area contributed by atoms with Crippen LogP contribution < -0.4 is 5.32 Å². The van der Waals surface area contributed by atoms with Gasteiger partial charge in [0.15, 0.2) is 5.78 Å². The summed E-state index contributed by atoms with van der Waals surface area (Å²) >= 11 is 0. The van der Waals surface area contributed by atoms with Crippen LogP contribution in [0, 0.1) is 17.6 Å².